The highest BCUT2D eigenvalue weighted by molar-refractivity contribution is 6.30. The lowest BCUT2D eigenvalue weighted by molar-refractivity contribution is 0.0988. The molecular weight excluding hydrogens is 276 g/mol. The minimum Gasteiger partial charge on any atom is -0.507 e. The van der Waals surface area contributed by atoms with Crippen molar-refractivity contribution in [1.82, 2.24) is 4.98 Å². The first-order chi connectivity index (χ1) is 9.58. The number of carbonyl (C=O) groups is 1. The highest BCUT2D eigenvalue weighted by Crippen LogP contribution is 2.18. The van der Waals surface area contributed by atoms with E-state index < -0.39 is 0 Å². The Morgan fingerprint density at radius 1 is 1.35 bits per heavy atom. The molecule has 20 heavy (non-hydrogen) atoms. The first-order valence-corrected chi connectivity index (χ1v) is 6.38. The van der Waals surface area contributed by atoms with Crippen molar-refractivity contribution < 1.29 is 9.90 Å². The molecule has 0 saturated heterocycles. The molecule has 0 aliphatic carbocycles. The predicted octanol–water partition coefficient (Wildman–Crippen LogP) is 3.72. The van der Waals surface area contributed by atoms with E-state index in [1.54, 1.807) is 30.6 Å². The number of pyridine rings is 1. The van der Waals surface area contributed by atoms with Crippen LogP contribution in [0.2, 0.25) is 5.02 Å². The number of benzene rings is 1. The fourth-order valence-corrected chi connectivity index (χ4v) is 1.56. The fourth-order valence-electron chi connectivity index (χ4n) is 1.38. The van der Waals surface area contributed by atoms with E-state index in [-0.39, 0.29) is 11.5 Å². The van der Waals surface area contributed by atoms with Gasteiger partial charge in [0.2, 0.25) is 0 Å². The second-order valence-corrected chi connectivity index (χ2v) is 4.30. The van der Waals surface area contributed by atoms with Gasteiger partial charge in [0.15, 0.2) is 5.78 Å². The maximum Gasteiger partial charge on any atom is 0.162 e. The van der Waals surface area contributed by atoms with E-state index in [4.69, 9.17) is 22.1 Å². The Balaban J connectivity index is 0.000000200. The molecule has 2 rings (SSSR count). The number of aromatic hydroxyl groups is 1. The lowest BCUT2D eigenvalue weighted by Gasteiger charge is -1.96. The van der Waals surface area contributed by atoms with E-state index in [1.165, 1.54) is 12.1 Å². The summed E-state index contributed by atoms with van der Waals surface area (Å²) in [5.41, 5.74) is 1.19. The van der Waals surface area contributed by atoms with Crippen LogP contribution in [-0.4, -0.2) is 22.1 Å². The number of hydrogen-bond donors (Lipinski definition) is 2. The van der Waals surface area contributed by atoms with Crippen molar-refractivity contribution in [2.45, 2.75) is 13.3 Å². The van der Waals surface area contributed by atoms with E-state index in [9.17, 15) is 4.79 Å². The van der Waals surface area contributed by atoms with E-state index in [0.717, 1.165) is 11.8 Å². The van der Waals surface area contributed by atoms with Crippen molar-refractivity contribution in [1.29, 1.82) is 5.41 Å². The molecule has 5 heteroatoms. The zero-order valence-corrected chi connectivity index (χ0v) is 11.8. The van der Waals surface area contributed by atoms with Gasteiger partial charge in [0.25, 0.3) is 0 Å². The van der Waals surface area contributed by atoms with Gasteiger partial charge in [-0.3, -0.25) is 9.78 Å². The molecule has 0 fully saturated rings. The number of aromatic nitrogens is 1. The highest BCUT2D eigenvalue weighted by atomic mass is 35.5. The number of hydrogen-bond acceptors (Lipinski definition) is 4. The van der Waals surface area contributed by atoms with Crippen LogP contribution in [0.3, 0.4) is 0 Å². The Bertz CT molecular complexity index is 586. The van der Waals surface area contributed by atoms with Gasteiger partial charge in [-0.2, -0.15) is 0 Å². The third-order valence-corrected chi connectivity index (χ3v) is 2.70. The summed E-state index contributed by atoms with van der Waals surface area (Å²) >= 11 is 5.58. The molecule has 104 valence electrons. The number of phenolic OH excluding ortho intramolecular Hbond substituents is 1. The fraction of sp³-hybridized carbons (Fsp3) is 0.133. The van der Waals surface area contributed by atoms with Crippen LogP contribution in [-0.2, 0) is 0 Å². The van der Waals surface area contributed by atoms with Crippen LogP contribution >= 0.6 is 11.6 Å². The van der Waals surface area contributed by atoms with Crippen LogP contribution in [0, 0.1) is 5.41 Å². The van der Waals surface area contributed by atoms with Gasteiger partial charge < -0.3 is 10.5 Å². The summed E-state index contributed by atoms with van der Waals surface area (Å²) in [6.45, 7) is 1.85. The monoisotopic (exact) mass is 290 g/mol. The van der Waals surface area contributed by atoms with Gasteiger partial charge in [0, 0.05) is 41.2 Å². The Morgan fingerprint density at radius 2 is 2.00 bits per heavy atom. The number of nitrogens with zero attached hydrogens (tertiary/aromatic N) is 1. The topological polar surface area (TPSA) is 74.0 Å². The molecule has 0 spiro atoms. The smallest absolute Gasteiger partial charge is 0.162 e. The van der Waals surface area contributed by atoms with Crippen LogP contribution in [0.25, 0.3) is 0 Å². The molecular formula is C15H15ClN2O2. The van der Waals surface area contributed by atoms with E-state index >= 15 is 0 Å². The van der Waals surface area contributed by atoms with Gasteiger partial charge in [0.05, 0.1) is 0 Å². The maximum absolute atomic E-state index is 11.0. The molecule has 1 aromatic carbocycles. The van der Waals surface area contributed by atoms with Crippen molar-refractivity contribution in [3.05, 3.63) is 58.9 Å². The molecule has 0 atom stereocenters. The predicted molar refractivity (Wildman–Crippen MR) is 79.9 cm³/mol. The number of carbonyl (C=O) groups excluding carboxylic acids is 1. The van der Waals surface area contributed by atoms with E-state index in [0.29, 0.717) is 17.0 Å². The first-order valence-electron chi connectivity index (χ1n) is 6.00. The van der Waals surface area contributed by atoms with Gasteiger partial charge in [0.1, 0.15) is 5.75 Å². The number of halogens is 1. The van der Waals surface area contributed by atoms with E-state index in [2.05, 4.69) is 4.98 Å². The molecule has 0 saturated carbocycles. The molecule has 0 bridgehead atoms. The summed E-state index contributed by atoms with van der Waals surface area (Å²) in [6, 6.07) is 8.02. The van der Waals surface area contributed by atoms with Gasteiger partial charge in [-0.05, 0) is 30.3 Å². The Kier molecular flexibility index (Phi) is 6.40. The SMILES string of the molecule is CCC(=O)c1ccncc1.N=Cc1cc(Cl)ccc1O. The molecule has 2 aromatic rings. The summed E-state index contributed by atoms with van der Waals surface area (Å²) in [7, 11) is 0. The molecule has 1 heterocycles. The molecule has 0 unspecified atom stereocenters. The third kappa shape index (κ3) is 4.82. The summed E-state index contributed by atoms with van der Waals surface area (Å²) < 4.78 is 0. The molecule has 0 amide bonds. The lowest BCUT2D eigenvalue weighted by Crippen LogP contribution is -1.95. The molecule has 0 radical (unpaired) electrons. The molecule has 2 N–H and O–H groups in total. The molecule has 4 nitrogen and oxygen atoms in total. The van der Waals surface area contributed by atoms with Crippen molar-refractivity contribution in [2.75, 3.05) is 0 Å². The average molecular weight is 291 g/mol. The number of phenols is 1. The number of ketones is 1. The quantitative estimate of drug-likeness (QED) is 0.668. The zero-order valence-electron chi connectivity index (χ0n) is 11.0. The van der Waals surface area contributed by atoms with Crippen molar-refractivity contribution in [3.8, 4) is 5.75 Å². The average Bonchev–Trinajstić information content (AvgIpc) is 2.50. The summed E-state index contributed by atoms with van der Waals surface area (Å²) in [4.78, 5) is 14.8. The lowest BCUT2D eigenvalue weighted by atomic mass is 10.1. The van der Waals surface area contributed by atoms with Crippen LogP contribution < -0.4 is 0 Å². The number of nitrogens with one attached hydrogen (secondary N) is 1. The minimum absolute atomic E-state index is 0.0828. The van der Waals surface area contributed by atoms with Gasteiger partial charge >= 0.3 is 0 Å². The van der Waals surface area contributed by atoms with Crippen LogP contribution in [0.1, 0.15) is 29.3 Å². The molecule has 0 aliphatic rings. The second kappa shape index (κ2) is 8.07. The highest BCUT2D eigenvalue weighted by Gasteiger charge is 1.99. The Labute approximate surface area is 122 Å². The van der Waals surface area contributed by atoms with Gasteiger partial charge in [-0.25, -0.2) is 0 Å². The largest absolute Gasteiger partial charge is 0.507 e. The van der Waals surface area contributed by atoms with Crippen molar-refractivity contribution in [3.63, 3.8) is 0 Å². The van der Waals surface area contributed by atoms with Gasteiger partial charge in [-0.15, -0.1) is 0 Å². The standard InChI is InChI=1S/C8H9NO.C7H6ClNO/c1-2-8(10)7-3-5-9-6-4-7;8-6-1-2-7(10)5(3-6)4-9/h3-6H,2H2,1H3;1-4,9-10H. The molecule has 0 aliphatic heterocycles. The second-order valence-electron chi connectivity index (χ2n) is 3.86. The van der Waals surface area contributed by atoms with Crippen LogP contribution in [0.15, 0.2) is 42.7 Å². The number of rotatable bonds is 3. The van der Waals surface area contributed by atoms with Gasteiger partial charge in [-0.1, -0.05) is 18.5 Å². The molecule has 1 aromatic heterocycles. The normalized spacial score (nSPS) is 9.30. The minimum atomic E-state index is 0.0828. The summed E-state index contributed by atoms with van der Waals surface area (Å²) in [5, 5.41) is 16.4. The van der Waals surface area contributed by atoms with Crippen LogP contribution in [0.4, 0.5) is 0 Å². The summed E-state index contributed by atoms with van der Waals surface area (Å²) in [5.74, 6) is 0.252. The maximum atomic E-state index is 11.0. The Hall–Kier alpha value is -2.20. The van der Waals surface area contributed by atoms with Crippen molar-refractivity contribution in [2.24, 2.45) is 0 Å². The Morgan fingerprint density at radius 3 is 2.50 bits per heavy atom. The third-order valence-electron chi connectivity index (χ3n) is 2.47. The van der Waals surface area contributed by atoms with Crippen molar-refractivity contribution >= 4 is 23.6 Å². The van der Waals surface area contributed by atoms with E-state index in [1.807, 2.05) is 6.92 Å². The zero-order chi connectivity index (χ0) is 15.0. The van der Waals surface area contributed by atoms with Crippen LogP contribution in [0.5, 0.6) is 5.75 Å². The summed E-state index contributed by atoms with van der Waals surface area (Å²) in [6.07, 6.45) is 4.87. The first kappa shape index (κ1) is 15.9. The number of Topliss-reactive ketones (excluding diaryl/α,β-unsaturated/α-hetero) is 1.